The quantitative estimate of drug-likeness (QED) is 0.618. The number of carbonyl (C=O) groups is 1. The molecule has 2 aromatic rings. The monoisotopic (exact) mass is 304 g/mol. The third-order valence-corrected chi connectivity index (χ3v) is 5.01. The Balaban J connectivity index is 1.93. The second-order valence-electron chi connectivity index (χ2n) is 7.25. The molecule has 0 amide bonds. The van der Waals surface area contributed by atoms with Gasteiger partial charge in [0.05, 0.1) is 0 Å². The summed E-state index contributed by atoms with van der Waals surface area (Å²) in [5, 5.41) is 2.28. The summed E-state index contributed by atoms with van der Waals surface area (Å²) >= 11 is 0. The number of benzene rings is 2. The third-order valence-electron chi connectivity index (χ3n) is 5.01. The third kappa shape index (κ3) is 3.29. The van der Waals surface area contributed by atoms with Crippen LogP contribution in [0, 0.1) is 5.41 Å². The van der Waals surface area contributed by atoms with Gasteiger partial charge >= 0.3 is 0 Å². The SMILES string of the molecule is CC1=C(/C=C/c2ccc3cc(C=O)ccc3c2)C(C)(C)CCC1. The molecule has 0 atom stereocenters. The van der Waals surface area contributed by atoms with E-state index in [-0.39, 0.29) is 5.41 Å². The summed E-state index contributed by atoms with van der Waals surface area (Å²) < 4.78 is 0. The minimum atomic E-state index is 0.272. The number of hydrogen-bond acceptors (Lipinski definition) is 1. The Kier molecular flexibility index (Phi) is 4.21. The number of carbonyl (C=O) groups excluding carboxylic acids is 1. The molecule has 0 aliphatic heterocycles. The molecule has 0 bridgehead atoms. The van der Waals surface area contributed by atoms with Crippen LogP contribution in [0.5, 0.6) is 0 Å². The zero-order chi connectivity index (χ0) is 16.4. The Morgan fingerprint density at radius 2 is 1.61 bits per heavy atom. The molecule has 0 heterocycles. The zero-order valence-corrected chi connectivity index (χ0v) is 14.2. The summed E-state index contributed by atoms with van der Waals surface area (Å²) in [6, 6.07) is 12.2. The van der Waals surface area contributed by atoms with Crippen LogP contribution in [-0.2, 0) is 0 Å². The highest BCUT2D eigenvalue weighted by molar-refractivity contribution is 5.90. The van der Waals surface area contributed by atoms with Crippen molar-refractivity contribution in [3.05, 3.63) is 64.7 Å². The summed E-state index contributed by atoms with van der Waals surface area (Å²) in [5.74, 6) is 0. The van der Waals surface area contributed by atoms with Gasteiger partial charge in [-0.15, -0.1) is 0 Å². The van der Waals surface area contributed by atoms with E-state index in [9.17, 15) is 4.79 Å². The van der Waals surface area contributed by atoms with Gasteiger partial charge in [0.2, 0.25) is 0 Å². The Bertz CT molecular complexity index is 806. The van der Waals surface area contributed by atoms with Crippen molar-refractivity contribution in [1.82, 2.24) is 0 Å². The van der Waals surface area contributed by atoms with Gasteiger partial charge in [-0.2, -0.15) is 0 Å². The number of rotatable bonds is 3. The molecule has 23 heavy (non-hydrogen) atoms. The highest BCUT2D eigenvalue weighted by Gasteiger charge is 2.26. The maximum atomic E-state index is 10.9. The second kappa shape index (κ2) is 6.16. The minimum absolute atomic E-state index is 0.272. The van der Waals surface area contributed by atoms with Gasteiger partial charge in [0.15, 0.2) is 0 Å². The lowest BCUT2D eigenvalue weighted by Crippen LogP contribution is -2.18. The first-order valence-electron chi connectivity index (χ1n) is 8.37. The summed E-state index contributed by atoms with van der Waals surface area (Å²) in [6.45, 7) is 6.95. The first-order chi connectivity index (χ1) is 11.0. The molecule has 0 fully saturated rings. The minimum Gasteiger partial charge on any atom is -0.298 e. The van der Waals surface area contributed by atoms with Crippen molar-refractivity contribution in [1.29, 1.82) is 0 Å². The molecule has 0 radical (unpaired) electrons. The van der Waals surface area contributed by atoms with Crippen LogP contribution in [-0.4, -0.2) is 6.29 Å². The van der Waals surface area contributed by atoms with Gasteiger partial charge in [0, 0.05) is 5.56 Å². The first kappa shape index (κ1) is 15.7. The van der Waals surface area contributed by atoms with E-state index >= 15 is 0 Å². The largest absolute Gasteiger partial charge is 0.298 e. The van der Waals surface area contributed by atoms with Crippen molar-refractivity contribution in [3.8, 4) is 0 Å². The molecule has 1 heteroatoms. The first-order valence-corrected chi connectivity index (χ1v) is 8.37. The molecule has 0 saturated heterocycles. The van der Waals surface area contributed by atoms with Crippen molar-refractivity contribution in [3.63, 3.8) is 0 Å². The van der Waals surface area contributed by atoms with Crippen LogP contribution in [0.25, 0.3) is 16.8 Å². The van der Waals surface area contributed by atoms with Gasteiger partial charge in [0.1, 0.15) is 6.29 Å². The number of fused-ring (bicyclic) bond motifs is 1. The molecule has 3 rings (SSSR count). The second-order valence-corrected chi connectivity index (χ2v) is 7.25. The van der Waals surface area contributed by atoms with E-state index in [0.717, 1.165) is 17.2 Å². The van der Waals surface area contributed by atoms with E-state index in [4.69, 9.17) is 0 Å². The van der Waals surface area contributed by atoms with Crippen molar-refractivity contribution in [2.75, 3.05) is 0 Å². The highest BCUT2D eigenvalue weighted by atomic mass is 16.1. The summed E-state index contributed by atoms with van der Waals surface area (Å²) in [4.78, 5) is 10.9. The normalized spacial score (nSPS) is 17.9. The summed E-state index contributed by atoms with van der Waals surface area (Å²) in [7, 11) is 0. The predicted octanol–water partition coefficient (Wildman–Crippen LogP) is 6.19. The summed E-state index contributed by atoms with van der Waals surface area (Å²) in [5.41, 5.74) is 5.21. The molecule has 0 unspecified atom stereocenters. The predicted molar refractivity (Wildman–Crippen MR) is 98.7 cm³/mol. The van der Waals surface area contributed by atoms with Gasteiger partial charge in [-0.1, -0.05) is 55.8 Å². The average Bonchev–Trinajstić information content (AvgIpc) is 2.53. The number of aldehydes is 1. The fourth-order valence-corrected chi connectivity index (χ4v) is 3.65. The maximum absolute atomic E-state index is 10.9. The topological polar surface area (TPSA) is 17.1 Å². The van der Waals surface area contributed by atoms with Crippen LogP contribution >= 0.6 is 0 Å². The zero-order valence-electron chi connectivity index (χ0n) is 14.2. The lowest BCUT2D eigenvalue weighted by Gasteiger charge is -2.32. The Hall–Kier alpha value is -2.15. The molecule has 1 aliphatic rings. The summed E-state index contributed by atoms with van der Waals surface area (Å²) in [6.07, 6.45) is 9.19. The van der Waals surface area contributed by atoms with Crippen molar-refractivity contribution in [2.45, 2.75) is 40.0 Å². The molecular formula is C22H24O. The van der Waals surface area contributed by atoms with Crippen molar-refractivity contribution < 1.29 is 4.79 Å². The van der Waals surface area contributed by atoms with E-state index in [1.807, 2.05) is 18.2 Å². The Morgan fingerprint density at radius 1 is 0.957 bits per heavy atom. The smallest absolute Gasteiger partial charge is 0.150 e. The Labute approximate surface area is 138 Å². The van der Waals surface area contributed by atoms with E-state index in [0.29, 0.717) is 0 Å². The Morgan fingerprint density at radius 3 is 2.26 bits per heavy atom. The van der Waals surface area contributed by atoms with Crippen LogP contribution in [0.1, 0.15) is 56.0 Å². The standard InChI is InChI=1S/C22H24O/c1-16-5-4-12-22(2,3)21(16)11-8-17-6-9-20-14-18(15-23)7-10-19(20)13-17/h6-11,13-15H,4-5,12H2,1-3H3/b11-8+. The van der Waals surface area contributed by atoms with Gasteiger partial charge < -0.3 is 0 Å². The van der Waals surface area contributed by atoms with E-state index in [2.05, 4.69) is 51.1 Å². The van der Waals surface area contributed by atoms with Gasteiger partial charge in [-0.3, -0.25) is 4.79 Å². The van der Waals surface area contributed by atoms with Crippen LogP contribution < -0.4 is 0 Å². The van der Waals surface area contributed by atoms with Gasteiger partial charge in [0.25, 0.3) is 0 Å². The van der Waals surface area contributed by atoms with Crippen LogP contribution in [0.15, 0.2) is 53.6 Å². The molecule has 2 aromatic carbocycles. The average molecular weight is 304 g/mol. The lowest BCUT2D eigenvalue weighted by molar-refractivity contribution is 0.112. The van der Waals surface area contributed by atoms with E-state index < -0.39 is 0 Å². The number of hydrogen-bond donors (Lipinski definition) is 0. The molecule has 0 spiro atoms. The molecule has 0 saturated carbocycles. The van der Waals surface area contributed by atoms with E-state index in [1.54, 1.807) is 0 Å². The highest BCUT2D eigenvalue weighted by Crippen LogP contribution is 2.41. The maximum Gasteiger partial charge on any atom is 0.150 e. The molecular weight excluding hydrogens is 280 g/mol. The van der Waals surface area contributed by atoms with Crippen LogP contribution in [0.2, 0.25) is 0 Å². The van der Waals surface area contributed by atoms with E-state index in [1.165, 1.54) is 41.4 Å². The van der Waals surface area contributed by atoms with Crippen molar-refractivity contribution >= 4 is 23.1 Å². The molecule has 0 N–H and O–H groups in total. The fraction of sp³-hybridized carbons (Fsp3) is 0.318. The van der Waals surface area contributed by atoms with Crippen LogP contribution in [0.3, 0.4) is 0 Å². The fourth-order valence-electron chi connectivity index (χ4n) is 3.65. The molecule has 0 aromatic heterocycles. The van der Waals surface area contributed by atoms with Crippen molar-refractivity contribution in [2.24, 2.45) is 5.41 Å². The molecule has 1 aliphatic carbocycles. The van der Waals surface area contributed by atoms with Gasteiger partial charge in [-0.25, -0.2) is 0 Å². The molecule has 118 valence electrons. The lowest BCUT2D eigenvalue weighted by atomic mass is 9.72. The molecule has 1 nitrogen and oxygen atoms in total. The van der Waals surface area contributed by atoms with Crippen LogP contribution in [0.4, 0.5) is 0 Å². The number of allylic oxidation sites excluding steroid dienone is 3. The van der Waals surface area contributed by atoms with Gasteiger partial charge in [-0.05, 0) is 65.6 Å².